The van der Waals surface area contributed by atoms with Crippen LogP contribution < -0.4 is 10.5 Å². The fourth-order valence-electron chi connectivity index (χ4n) is 2.53. The smallest absolute Gasteiger partial charge is 0.241 e. The van der Waals surface area contributed by atoms with E-state index in [0.29, 0.717) is 5.56 Å². The summed E-state index contributed by atoms with van der Waals surface area (Å²) in [5.41, 5.74) is 5.66. The number of nitrogens with two attached hydrogens (primary N) is 1. The summed E-state index contributed by atoms with van der Waals surface area (Å²) < 4.78 is 27.7. The molecule has 0 aromatic heterocycles. The van der Waals surface area contributed by atoms with Crippen molar-refractivity contribution in [1.82, 2.24) is 4.72 Å². The highest BCUT2D eigenvalue weighted by Crippen LogP contribution is 2.30. The molecule has 1 aliphatic rings. The average Bonchev–Trinajstić information content (AvgIpc) is 2.82. The van der Waals surface area contributed by atoms with Crippen LogP contribution >= 0.6 is 0 Å². The Balaban J connectivity index is 2.25. The van der Waals surface area contributed by atoms with Crippen molar-refractivity contribution in [3.63, 3.8) is 0 Å². The van der Waals surface area contributed by atoms with E-state index < -0.39 is 10.0 Å². The molecule has 1 aromatic carbocycles. The van der Waals surface area contributed by atoms with Gasteiger partial charge in [-0.15, -0.1) is 0 Å². The lowest BCUT2D eigenvalue weighted by molar-refractivity contribution is 0.427. The van der Waals surface area contributed by atoms with Crippen LogP contribution in [0.25, 0.3) is 0 Å². The minimum atomic E-state index is -3.50. The molecule has 1 fully saturated rings. The monoisotopic (exact) mass is 292 g/mol. The van der Waals surface area contributed by atoms with Crippen molar-refractivity contribution >= 4 is 10.0 Å². The maximum absolute atomic E-state index is 12.4. The predicted molar refractivity (Wildman–Crippen MR) is 79.6 cm³/mol. The summed E-state index contributed by atoms with van der Waals surface area (Å²) in [6, 6.07) is 6.66. The lowest BCUT2D eigenvalue weighted by atomic mass is 10.0. The highest BCUT2D eigenvalue weighted by Gasteiger charge is 2.33. The number of hydrogen-bond donors (Lipinski definition) is 2. The fraction of sp³-hybridized carbons (Fsp3) is 0.467. The zero-order valence-corrected chi connectivity index (χ0v) is 12.5. The number of sulfonamides is 1. The first kappa shape index (κ1) is 15.0. The largest absolute Gasteiger partial charge is 0.320 e. The Kier molecular flexibility index (Phi) is 4.48. The molecule has 108 valence electrons. The number of benzene rings is 1. The van der Waals surface area contributed by atoms with Gasteiger partial charge in [0.2, 0.25) is 10.0 Å². The molecule has 0 spiro atoms. The van der Waals surface area contributed by atoms with Gasteiger partial charge >= 0.3 is 0 Å². The summed E-state index contributed by atoms with van der Waals surface area (Å²) in [5.74, 6) is 5.58. The summed E-state index contributed by atoms with van der Waals surface area (Å²) in [5, 5.41) is 0. The van der Waals surface area contributed by atoms with Gasteiger partial charge in [-0.05, 0) is 38.0 Å². The summed E-state index contributed by atoms with van der Waals surface area (Å²) in [7, 11) is -3.50. The van der Waals surface area contributed by atoms with E-state index in [1.807, 2.05) is 6.92 Å². The van der Waals surface area contributed by atoms with Crippen LogP contribution in [0.1, 0.15) is 38.2 Å². The van der Waals surface area contributed by atoms with Gasteiger partial charge in [-0.3, -0.25) is 0 Å². The molecule has 0 heterocycles. The molecular formula is C15H20N2O2S. The number of hydrogen-bond acceptors (Lipinski definition) is 3. The van der Waals surface area contributed by atoms with Crippen LogP contribution in [-0.2, 0) is 10.0 Å². The molecule has 0 unspecified atom stereocenters. The maximum Gasteiger partial charge on any atom is 0.241 e. The summed E-state index contributed by atoms with van der Waals surface area (Å²) in [4.78, 5) is 0.259. The second-order valence-corrected chi connectivity index (χ2v) is 7.09. The van der Waals surface area contributed by atoms with Crippen molar-refractivity contribution in [2.75, 3.05) is 6.54 Å². The van der Waals surface area contributed by atoms with Crippen LogP contribution in [0.15, 0.2) is 29.2 Å². The number of nitrogens with one attached hydrogen (secondary N) is 1. The van der Waals surface area contributed by atoms with E-state index in [9.17, 15) is 8.42 Å². The lowest BCUT2D eigenvalue weighted by Crippen LogP contribution is -2.43. The first-order valence-electron chi connectivity index (χ1n) is 6.78. The Morgan fingerprint density at radius 2 is 2.05 bits per heavy atom. The molecule has 0 atom stereocenters. The van der Waals surface area contributed by atoms with Gasteiger partial charge in [-0.2, -0.15) is 0 Å². The number of rotatable bonds is 3. The third kappa shape index (κ3) is 3.60. The van der Waals surface area contributed by atoms with Crippen molar-refractivity contribution < 1.29 is 8.42 Å². The summed E-state index contributed by atoms with van der Waals surface area (Å²) in [6.07, 6.45) is 3.92. The normalized spacial score (nSPS) is 17.5. The van der Waals surface area contributed by atoms with Crippen molar-refractivity contribution in [2.45, 2.75) is 43.0 Å². The second-order valence-electron chi connectivity index (χ2n) is 5.41. The molecule has 0 amide bonds. The molecule has 0 bridgehead atoms. The van der Waals surface area contributed by atoms with Crippen molar-refractivity contribution in [3.8, 4) is 11.8 Å². The minimum Gasteiger partial charge on any atom is -0.320 e. The fourth-order valence-corrected chi connectivity index (χ4v) is 4.05. The SMILES string of the molecule is CC1(NS(=O)(=O)c2cccc(C#CCN)c2)CCCC1. The molecular weight excluding hydrogens is 272 g/mol. The zero-order valence-electron chi connectivity index (χ0n) is 11.6. The lowest BCUT2D eigenvalue weighted by Gasteiger charge is -2.24. The molecule has 0 saturated heterocycles. The van der Waals surface area contributed by atoms with Gasteiger partial charge in [0, 0.05) is 11.1 Å². The molecule has 5 heteroatoms. The van der Waals surface area contributed by atoms with E-state index in [4.69, 9.17) is 5.73 Å². The molecule has 0 aliphatic heterocycles. The van der Waals surface area contributed by atoms with Crippen LogP contribution in [0.2, 0.25) is 0 Å². The Morgan fingerprint density at radius 3 is 2.70 bits per heavy atom. The van der Waals surface area contributed by atoms with Gasteiger partial charge in [0.25, 0.3) is 0 Å². The second kappa shape index (κ2) is 5.96. The Morgan fingerprint density at radius 1 is 1.35 bits per heavy atom. The van der Waals surface area contributed by atoms with Crippen molar-refractivity contribution in [1.29, 1.82) is 0 Å². The average molecular weight is 292 g/mol. The third-order valence-corrected chi connectivity index (χ3v) is 5.20. The standard InChI is InChI=1S/C15H20N2O2S/c1-15(9-2-3-10-15)17-20(18,19)14-8-4-6-13(12-14)7-5-11-16/h4,6,8,12,17H,2-3,9-11,16H2,1H3. The van der Waals surface area contributed by atoms with Gasteiger partial charge in [0.1, 0.15) is 0 Å². The molecule has 3 N–H and O–H groups in total. The van der Waals surface area contributed by atoms with Crippen molar-refractivity contribution in [3.05, 3.63) is 29.8 Å². The highest BCUT2D eigenvalue weighted by molar-refractivity contribution is 7.89. The predicted octanol–water partition coefficient (Wildman–Crippen LogP) is 1.61. The molecule has 2 rings (SSSR count). The van der Waals surface area contributed by atoms with Gasteiger partial charge < -0.3 is 5.73 Å². The van der Waals surface area contributed by atoms with Crippen LogP contribution in [0.5, 0.6) is 0 Å². The van der Waals surface area contributed by atoms with Crippen molar-refractivity contribution in [2.24, 2.45) is 5.73 Å². The maximum atomic E-state index is 12.4. The quantitative estimate of drug-likeness (QED) is 0.831. The van der Waals surface area contributed by atoms with Gasteiger partial charge in [-0.25, -0.2) is 13.1 Å². The molecule has 1 aliphatic carbocycles. The highest BCUT2D eigenvalue weighted by atomic mass is 32.2. The molecule has 1 saturated carbocycles. The molecule has 20 heavy (non-hydrogen) atoms. The van der Waals surface area contributed by atoms with E-state index >= 15 is 0 Å². The van der Waals surface area contributed by atoms with E-state index in [-0.39, 0.29) is 17.0 Å². The molecule has 0 radical (unpaired) electrons. The topological polar surface area (TPSA) is 72.2 Å². The Labute approximate surface area is 120 Å². The minimum absolute atomic E-state index is 0.257. The van der Waals surface area contributed by atoms with Crippen LogP contribution in [0.4, 0.5) is 0 Å². The first-order chi connectivity index (χ1) is 9.45. The Bertz CT molecular complexity index is 635. The van der Waals surface area contributed by atoms with Crippen LogP contribution in [0.3, 0.4) is 0 Å². The van der Waals surface area contributed by atoms with E-state index in [0.717, 1.165) is 25.7 Å². The van der Waals surface area contributed by atoms with Gasteiger partial charge in [0.15, 0.2) is 0 Å². The molecule has 4 nitrogen and oxygen atoms in total. The Hall–Kier alpha value is -1.35. The van der Waals surface area contributed by atoms with E-state index in [1.54, 1.807) is 24.3 Å². The van der Waals surface area contributed by atoms with Gasteiger partial charge in [-0.1, -0.05) is 30.7 Å². The zero-order chi connectivity index (χ0) is 14.6. The molecule has 1 aromatic rings. The van der Waals surface area contributed by atoms with E-state index in [1.165, 1.54) is 0 Å². The summed E-state index contributed by atoms with van der Waals surface area (Å²) in [6.45, 7) is 2.23. The van der Waals surface area contributed by atoms with E-state index in [2.05, 4.69) is 16.6 Å². The first-order valence-corrected chi connectivity index (χ1v) is 8.27. The summed E-state index contributed by atoms with van der Waals surface area (Å²) >= 11 is 0. The third-order valence-electron chi connectivity index (χ3n) is 3.57. The van der Waals surface area contributed by atoms with Crippen LogP contribution in [-0.4, -0.2) is 20.5 Å². The van der Waals surface area contributed by atoms with Gasteiger partial charge in [0.05, 0.1) is 11.4 Å². The van der Waals surface area contributed by atoms with Crippen LogP contribution in [0, 0.1) is 11.8 Å².